The third-order valence-corrected chi connectivity index (χ3v) is 4.28. The highest BCUT2D eigenvalue weighted by Crippen LogP contribution is 2.29. The van der Waals surface area contributed by atoms with Crippen LogP contribution in [0.4, 0.5) is 0 Å². The van der Waals surface area contributed by atoms with Crippen LogP contribution in [0.3, 0.4) is 0 Å². The van der Waals surface area contributed by atoms with Crippen molar-refractivity contribution in [1.29, 1.82) is 0 Å². The van der Waals surface area contributed by atoms with Gasteiger partial charge in [-0.05, 0) is 25.7 Å². The van der Waals surface area contributed by atoms with Gasteiger partial charge >= 0.3 is 5.97 Å². The minimum Gasteiger partial charge on any atom is -0.476 e. The molecule has 6 nitrogen and oxygen atoms in total. The molecule has 1 aliphatic rings. The molecule has 0 aromatic carbocycles. The van der Waals surface area contributed by atoms with Crippen molar-refractivity contribution in [2.75, 3.05) is 0 Å². The lowest BCUT2D eigenvalue weighted by atomic mass is 9.89. The van der Waals surface area contributed by atoms with Crippen LogP contribution in [0.2, 0.25) is 0 Å². The summed E-state index contributed by atoms with van der Waals surface area (Å²) >= 11 is 0. The zero-order valence-electron chi connectivity index (χ0n) is 12.4. The fraction of sp³-hybridized carbons (Fsp3) is 0.786. The van der Waals surface area contributed by atoms with E-state index in [9.17, 15) is 4.79 Å². The molecule has 0 radical (unpaired) electrons. The minimum atomic E-state index is -1.02. The molecule has 1 unspecified atom stereocenters. The molecule has 0 spiro atoms. The van der Waals surface area contributed by atoms with Gasteiger partial charge < -0.3 is 10.4 Å². The molecule has 0 amide bonds. The first kappa shape index (κ1) is 15.0. The van der Waals surface area contributed by atoms with Crippen LogP contribution in [0.5, 0.6) is 0 Å². The molecule has 1 saturated carbocycles. The van der Waals surface area contributed by atoms with Crippen LogP contribution in [0, 0.1) is 5.92 Å². The zero-order chi connectivity index (χ0) is 14.7. The van der Waals surface area contributed by atoms with Crippen LogP contribution in [-0.4, -0.2) is 38.2 Å². The second-order valence-corrected chi connectivity index (χ2v) is 6.05. The van der Waals surface area contributed by atoms with E-state index in [1.807, 2.05) is 0 Å². The minimum absolute atomic E-state index is 0.0197. The SMILES string of the molecule is CC(C)C(C)N[C@@H]1CCCC[C@@H]1n1cc(C(=O)O)nn1. The number of carboxylic acid groups (broad SMARTS) is 1. The molecule has 0 saturated heterocycles. The molecule has 2 N–H and O–H groups in total. The first-order chi connectivity index (χ1) is 9.49. The van der Waals surface area contributed by atoms with Gasteiger partial charge in [0.25, 0.3) is 0 Å². The van der Waals surface area contributed by atoms with Gasteiger partial charge in [0, 0.05) is 12.1 Å². The van der Waals surface area contributed by atoms with Crippen LogP contribution in [0.25, 0.3) is 0 Å². The van der Waals surface area contributed by atoms with E-state index in [-0.39, 0.29) is 11.7 Å². The lowest BCUT2D eigenvalue weighted by Crippen LogP contribution is -2.46. The summed E-state index contributed by atoms with van der Waals surface area (Å²) < 4.78 is 1.73. The van der Waals surface area contributed by atoms with Gasteiger partial charge in [0.05, 0.1) is 12.2 Å². The van der Waals surface area contributed by atoms with Crippen molar-refractivity contribution in [3.8, 4) is 0 Å². The van der Waals surface area contributed by atoms with Gasteiger partial charge in [0.15, 0.2) is 5.69 Å². The molecular formula is C14H24N4O2. The topological polar surface area (TPSA) is 80.0 Å². The summed E-state index contributed by atoms with van der Waals surface area (Å²) in [6.07, 6.45) is 6.03. The Bertz CT molecular complexity index is 458. The standard InChI is InChI=1S/C14H24N4O2/c1-9(2)10(3)15-11-6-4-5-7-13(11)18-8-12(14(19)20)16-17-18/h8-11,13,15H,4-7H2,1-3H3,(H,19,20)/t10?,11-,13+/m1/s1. The van der Waals surface area contributed by atoms with E-state index in [0.717, 1.165) is 19.3 Å². The van der Waals surface area contributed by atoms with Crippen molar-refractivity contribution in [3.63, 3.8) is 0 Å². The first-order valence-corrected chi connectivity index (χ1v) is 7.40. The fourth-order valence-corrected chi connectivity index (χ4v) is 2.69. The summed E-state index contributed by atoms with van der Waals surface area (Å²) in [5, 5.41) is 20.4. The van der Waals surface area contributed by atoms with Gasteiger partial charge in [-0.2, -0.15) is 0 Å². The van der Waals surface area contributed by atoms with Gasteiger partial charge in [-0.15, -0.1) is 5.10 Å². The highest BCUT2D eigenvalue weighted by Gasteiger charge is 2.29. The Hall–Kier alpha value is -1.43. The lowest BCUT2D eigenvalue weighted by molar-refractivity contribution is 0.0690. The largest absolute Gasteiger partial charge is 0.476 e. The quantitative estimate of drug-likeness (QED) is 0.863. The van der Waals surface area contributed by atoms with Crippen LogP contribution >= 0.6 is 0 Å². The molecule has 0 bridgehead atoms. The average Bonchev–Trinajstić information content (AvgIpc) is 2.88. The predicted octanol–water partition coefficient (Wildman–Crippen LogP) is 2.09. The Morgan fingerprint density at radius 1 is 1.40 bits per heavy atom. The molecule has 1 fully saturated rings. The maximum absolute atomic E-state index is 10.9. The van der Waals surface area contributed by atoms with E-state index in [1.54, 1.807) is 10.9 Å². The fourth-order valence-electron chi connectivity index (χ4n) is 2.69. The van der Waals surface area contributed by atoms with Crippen LogP contribution in [-0.2, 0) is 0 Å². The number of rotatable bonds is 5. The van der Waals surface area contributed by atoms with Crippen molar-refractivity contribution in [1.82, 2.24) is 20.3 Å². The maximum atomic E-state index is 10.9. The Kier molecular flexibility index (Phi) is 4.75. The molecule has 1 heterocycles. The molecule has 1 aromatic heterocycles. The Balaban J connectivity index is 2.11. The van der Waals surface area contributed by atoms with E-state index in [2.05, 4.69) is 36.4 Å². The summed E-state index contributed by atoms with van der Waals surface area (Å²) in [7, 11) is 0. The monoisotopic (exact) mass is 280 g/mol. The zero-order valence-corrected chi connectivity index (χ0v) is 12.4. The van der Waals surface area contributed by atoms with E-state index >= 15 is 0 Å². The molecular weight excluding hydrogens is 256 g/mol. The second kappa shape index (κ2) is 6.35. The van der Waals surface area contributed by atoms with E-state index in [4.69, 9.17) is 5.11 Å². The number of hydrogen-bond acceptors (Lipinski definition) is 4. The molecule has 1 aliphatic carbocycles. The van der Waals surface area contributed by atoms with Gasteiger partial charge in [-0.1, -0.05) is 31.9 Å². The van der Waals surface area contributed by atoms with E-state index in [1.165, 1.54) is 6.42 Å². The maximum Gasteiger partial charge on any atom is 0.358 e. The third-order valence-electron chi connectivity index (χ3n) is 4.28. The smallest absolute Gasteiger partial charge is 0.358 e. The van der Waals surface area contributed by atoms with Crippen molar-refractivity contribution in [2.24, 2.45) is 5.92 Å². The summed E-state index contributed by atoms with van der Waals surface area (Å²) in [6, 6.07) is 0.970. The molecule has 112 valence electrons. The van der Waals surface area contributed by atoms with Crippen molar-refractivity contribution in [3.05, 3.63) is 11.9 Å². The first-order valence-electron chi connectivity index (χ1n) is 7.40. The van der Waals surface area contributed by atoms with Crippen LogP contribution in [0.1, 0.15) is 63.0 Å². The highest BCUT2D eigenvalue weighted by molar-refractivity contribution is 5.84. The predicted molar refractivity (Wildman–Crippen MR) is 75.7 cm³/mol. The van der Waals surface area contributed by atoms with Gasteiger partial charge in [0.1, 0.15) is 0 Å². The number of nitrogens with one attached hydrogen (secondary N) is 1. The summed E-state index contributed by atoms with van der Waals surface area (Å²) in [4.78, 5) is 10.9. The number of hydrogen-bond donors (Lipinski definition) is 2. The molecule has 1 aromatic rings. The second-order valence-electron chi connectivity index (χ2n) is 6.05. The summed E-state index contributed by atoms with van der Waals surface area (Å²) in [6.45, 7) is 6.60. The Morgan fingerprint density at radius 3 is 2.70 bits per heavy atom. The number of aromatic carboxylic acids is 1. The molecule has 6 heteroatoms. The van der Waals surface area contributed by atoms with Crippen molar-refractivity contribution >= 4 is 5.97 Å². The molecule has 3 atom stereocenters. The number of nitrogens with zero attached hydrogens (tertiary/aromatic N) is 3. The van der Waals surface area contributed by atoms with Crippen LogP contribution in [0.15, 0.2) is 6.20 Å². The van der Waals surface area contributed by atoms with Gasteiger partial charge in [-0.3, -0.25) is 0 Å². The normalized spacial score (nSPS) is 24.8. The van der Waals surface area contributed by atoms with E-state index < -0.39 is 5.97 Å². The Morgan fingerprint density at radius 2 is 2.10 bits per heavy atom. The van der Waals surface area contributed by atoms with Crippen molar-refractivity contribution < 1.29 is 9.90 Å². The van der Waals surface area contributed by atoms with Crippen LogP contribution < -0.4 is 5.32 Å². The number of carbonyl (C=O) groups is 1. The van der Waals surface area contributed by atoms with Gasteiger partial charge in [-0.25, -0.2) is 9.48 Å². The summed E-state index contributed by atoms with van der Waals surface area (Å²) in [5.74, 6) is -0.449. The number of aromatic nitrogens is 3. The molecule has 20 heavy (non-hydrogen) atoms. The van der Waals surface area contributed by atoms with Gasteiger partial charge in [0.2, 0.25) is 0 Å². The molecule has 2 rings (SSSR count). The lowest BCUT2D eigenvalue weighted by Gasteiger charge is -2.35. The summed E-state index contributed by atoms with van der Waals surface area (Å²) in [5.41, 5.74) is 0.0197. The average molecular weight is 280 g/mol. The Labute approximate surface area is 119 Å². The molecule has 0 aliphatic heterocycles. The third kappa shape index (κ3) is 3.36. The number of carboxylic acids is 1. The van der Waals surface area contributed by atoms with E-state index in [0.29, 0.717) is 18.0 Å². The van der Waals surface area contributed by atoms with Crippen molar-refractivity contribution in [2.45, 2.75) is 64.6 Å². The highest BCUT2D eigenvalue weighted by atomic mass is 16.4.